The van der Waals surface area contributed by atoms with Crippen LogP contribution in [0, 0.1) is 11.7 Å². The lowest BCUT2D eigenvalue weighted by Gasteiger charge is -2.38. The Labute approximate surface area is 190 Å². The first-order valence-electron chi connectivity index (χ1n) is 11.2. The Morgan fingerprint density at radius 2 is 2.03 bits per heavy atom. The molecule has 1 aliphatic heterocycles. The van der Waals surface area contributed by atoms with Crippen LogP contribution >= 0.6 is 12.6 Å². The number of rotatable bonds is 10. The number of likely N-dealkylation sites (N-methyl/N-ethyl adjacent to an activating group) is 1. The maximum atomic E-state index is 14.6. The van der Waals surface area contributed by atoms with Gasteiger partial charge in [-0.2, -0.15) is 12.6 Å². The number of ether oxygens (including phenoxy) is 1. The molecular weight excluding hydrogens is 415 g/mol. The zero-order chi connectivity index (χ0) is 22.4. The molecule has 0 bridgehead atoms. The maximum absolute atomic E-state index is 14.6. The zero-order valence-electron chi connectivity index (χ0n) is 18.4. The van der Waals surface area contributed by atoms with Gasteiger partial charge in [-0.05, 0) is 44.4 Å². The topological polar surface area (TPSA) is 49.9 Å². The van der Waals surface area contributed by atoms with Crippen LogP contribution in [0.4, 0.5) is 4.39 Å². The average molecular weight is 449 g/mol. The van der Waals surface area contributed by atoms with Crippen LogP contribution in [0.1, 0.15) is 44.7 Å². The Hall–Kier alpha value is -1.70. The second-order valence-corrected chi connectivity index (χ2v) is 8.91. The summed E-state index contributed by atoms with van der Waals surface area (Å²) in [7, 11) is 0. The van der Waals surface area contributed by atoms with Gasteiger partial charge in [0.15, 0.2) is 5.78 Å². The maximum Gasteiger partial charge on any atom is 0.320 e. The van der Waals surface area contributed by atoms with Crippen molar-refractivity contribution in [3.8, 4) is 0 Å². The van der Waals surface area contributed by atoms with E-state index in [1.54, 1.807) is 25.1 Å². The lowest BCUT2D eigenvalue weighted by molar-refractivity contribution is -0.144. The molecule has 0 N–H and O–H groups in total. The molecule has 0 radical (unpaired) electrons. The van der Waals surface area contributed by atoms with E-state index in [1.807, 2.05) is 11.8 Å². The molecule has 2 aliphatic rings. The lowest BCUT2D eigenvalue weighted by Crippen LogP contribution is -2.43. The molecule has 0 aromatic heterocycles. The van der Waals surface area contributed by atoms with E-state index in [4.69, 9.17) is 17.4 Å². The third kappa shape index (κ3) is 6.40. The molecule has 2 atom stereocenters. The van der Waals surface area contributed by atoms with E-state index >= 15 is 0 Å². The van der Waals surface area contributed by atoms with Crippen LogP contribution in [-0.4, -0.2) is 66.1 Å². The van der Waals surface area contributed by atoms with Crippen molar-refractivity contribution in [3.63, 3.8) is 0 Å². The number of hydrogen-bond donors (Lipinski definition) is 1. The van der Waals surface area contributed by atoms with Gasteiger partial charge < -0.3 is 4.74 Å². The molecular formula is C24H33FN2O3S. The Kier molecular flexibility index (Phi) is 8.69. The molecule has 1 aromatic carbocycles. The van der Waals surface area contributed by atoms with Crippen LogP contribution < -0.4 is 0 Å². The van der Waals surface area contributed by atoms with Crippen molar-refractivity contribution in [2.24, 2.45) is 5.92 Å². The van der Waals surface area contributed by atoms with E-state index in [2.05, 4.69) is 11.0 Å². The minimum atomic E-state index is -0.556. The largest absolute Gasteiger partial charge is 0.465 e. The molecule has 1 aliphatic carbocycles. The van der Waals surface area contributed by atoms with E-state index in [1.165, 1.54) is 6.07 Å². The first-order chi connectivity index (χ1) is 14.9. The predicted molar refractivity (Wildman–Crippen MR) is 123 cm³/mol. The molecule has 7 heteroatoms. The summed E-state index contributed by atoms with van der Waals surface area (Å²) in [5.41, 5.74) is 1.58. The molecule has 5 nitrogen and oxygen atoms in total. The fraction of sp³-hybridized carbons (Fsp3) is 0.583. The number of carbonyl (C=O) groups is 2. The monoisotopic (exact) mass is 448 g/mol. The molecule has 1 saturated heterocycles. The van der Waals surface area contributed by atoms with Gasteiger partial charge in [-0.25, -0.2) is 4.39 Å². The van der Waals surface area contributed by atoms with E-state index < -0.39 is 6.04 Å². The molecule has 0 amide bonds. The summed E-state index contributed by atoms with van der Waals surface area (Å²) in [5, 5.41) is 0.0925. The van der Waals surface area contributed by atoms with Crippen LogP contribution in [0.2, 0.25) is 0 Å². The van der Waals surface area contributed by atoms with Crippen molar-refractivity contribution in [3.05, 3.63) is 47.3 Å². The number of likely N-dealkylation sites (tertiary alicyclic amines) is 1. The van der Waals surface area contributed by atoms with Crippen molar-refractivity contribution >= 4 is 24.4 Å². The molecule has 31 heavy (non-hydrogen) atoms. The van der Waals surface area contributed by atoms with E-state index in [0.717, 1.165) is 31.4 Å². The SMILES string of the molecule is CCOC(=O)CN(CC)C/C=C1\CN(C(C(=O)C2CC2)c2ccccc2F)CCC1S. The van der Waals surface area contributed by atoms with Crippen molar-refractivity contribution < 1.29 is 18.7 Å². The summed E-state index contributed by atoms with van der Waals surface area (Å²) in [6, 6.07) is 6.06. The summed E-state index contributed by atoms with van der Waals surface area (Å²) in [5.74, 6) is -0.387. The smallest absolute Gasteiger partial charge is 0.320 e. The number of thiol groups is 1. The summed E-state index contributed by atoms with van der Waals surface area (Å²) >= 11 is 4.75. The molecule has 2 fully saturated rings. The molecule has 170 valence electrons. The number of carbonyl (C=O) groups excluding carboxylic acids is 2. The Morgan fingerprint density at radius 3 is 2.68 bits per heavy atom. The van der Waals surface area contributed by atoms with Gasteiger partial charge in [-0.3, -0.25) is 19.4 Å². The van der Waals surface area contributed by atoms with Gasteiger partial charge in [0.25, 0.3) is 0 Å². The quantitative estimate of drug-likeness (QED) is 0.336. The second kappa shape index (κ2) is 11.2. The lowest BCUT2D eigenvalue weighted by atomic mass is 9.93. The fourth-order valence-corrected chi connectivity index (χ4v) is 4.37. The number of nitrogens with zero attached hydrogens (tertiary/aromatic N) is 2. The summed E-state index contributed by atoms with van der Waals surface area (Å²) in [4.78, 5) is 29.1. The molecule has 1 heterocycles. The van der Waals surface area contributed by atoms with E-state index in [-0.39, 0.29) is 35.3 Å². The van der Waals surface area contributed by atoms with E-state index in [9.17, 15) is 14.0 Å². The number of Topliss-reactive ketones (excluding diaryl/α,β-unsaturated/α-hetero) is 1. The van der Waals surface area contributed by atoms with Gasteiger partial charge in [0.2, 0.25) is 0 Å². The number of piperidine rings is 1. The first-order valence-corrected chi connectivity index (χ1v) is 11.7. The molecule has 0 spiro atoms. The third-order valence-corrected chi connectivity index (χ3v) is 6.62. The zero-order valence-corrected chi connectivity index (χ0v) is 19.3. The van der Waals surface area contributed by atoms with Crippen molar-refractivity contribution in [2.75, 3.05) is 39.3 Å². The number of esters is 1. The van der Waals surface area contributed by atoms with Crippen LogP contribution in [-0.2, 0) is 14.3 Å². The standard InChI is InChI=1S/C24H33FN2O3S/c1-3-26(16-22(28)30-4-2)13-11-18-15-27(14-12-21(18)31)23(24(29)17-9-10-17)19-7-5-6-8-20(19)25/h5-8,11,17,21,23,31H,3-4,9-10,12-16H2,1-2H3/b18-11+. The van der Waals surface area contributed by atoms with Gasteiger partial charge in [0.05, 0.1) is 19.2 Å². The van der Waals surface area contributed by atoms with Gasteiger partial charge in [-0.15, -0.1) is 0 Å². The highest BCUT2D eigenvalue weighted by atomic mass is 32.1. The van der Waals surface area contributed by atoms with Crippen LogP contribution in [0.3, 0.4) is 0 Å². The highest BCUT2D eigenvalue weighted by Crippen LogP contribution is 2.39. The number of halogens is 1. The molecule has 1 aromatic rings. The Balaban J connectivity index is 1.75. The number of benzene rings is 1. The van der Waals surface area contributed by atoms with Crippen molar-refractivity contribution in [1.82, 2.24) is 9.80 Å². The predicted octanol–water partition coefficient (Wildman–Crippen LogP) is 3.66. The van der Waals surface area contributed by atoms with Crippen LogP contribution in [0.15, 0.2) is 35.9 Å². The number of hydrogen-bond acceptors (Lipinski definition) is 6. The number of ketones is 1. The highest BCUT2D eigenvalue weighted by Gasteiger charge is 2.40. The van der Waals surface area contributed by atoms with Gasteiger partial charge >= 0.3 is 5.97 Å². The minimum Gasteiger partial charge on any atom is -0.465 e. The van der Waals surface area contributed by atoms with Crippen molar-refractivity contribution in [1.29, 1.82) is 0 Å². The third-order valence-electron chi connectivity index (χ3n) is 6.03. The summed E-state index contributed by atoms with van der Waals surface area (Å²) in [6.07, 6.45) is 4.69. The summed E-state index contributed by atoms with van der Waals surface area (Å²) < 4.78 is 19.7. The first kappa shape index (κ1) is 24.0. The second-order valence-electron chi connectivity index (χ2n) is 8.29. The average Bonchev–Trinajstić information content (AvgIpc) is 3.60. The molecule has 3 rings (SSSR count). The molecule has 2 unspecified atom stereocenters. The molecule has 1 saturated carbocycles. The summed E-state index contributed by atoms with van der Waals surface area (Å²) in [6.45, 7) is 7.02. The van der Waals surface area contributed by atoms with Gasteiger partial charge in [-0.1, -0.05) is 31.2 Å². The Bertz CT molecular complexity index is 812. The highest BCUT2D eigenvalue weighted by molar-refractivity contribution is 7.81. The van der Waals surface area contributed by atoms with Crippen molar-refractivity contribution in [2.45, 2.75) is 44.4 Å². The normalized spacial score (nSPS) is 22.0. The van der Waals surface area contributed by atoms with Crippen LogP contribution in [0.5, 0.6) is 0 Å². The van der Waals surface area contributed by atoms with Gasteiger partial charge in [0, 0.05) is 36.4 Å². The fourth-order valence-electron chi connectivity index (χ4n) is 4.07. The Morgan fingerprint density at radius 1 is 1.29 bits per heavy atom. The van der Waals surface area contributed by atoms with Gasteiger partial charge in [0.1, 0.15) is 5.82 Å². The van der Waals surface area contributed by atoms with E-state index in [0.29, 0.717) is 31.8 Å². The minimum absolute atomic E-state index is 0.0471. The van der Waals surface area contributed by atoms with Crippen LogP contribution in [0.25, 0.3) is 0 Å².